The molecule has 0 unspecified atom stereocenters. The van der Waals surface area contributed by atoms with Crippen molar-refractivity contribution in [2.45, 2.75) is 13.8 Å². The average Bonchev–Trinajstić information content (AvgIpc) is 3.67. The first-order chi connectivity index (χ1) is 25.6. The summed E-state index contributed by atoms with van der Waals surface area (Å²) in [5.74, 6) is 0. The largest absolute Gasteiger partial charge is 0.0620 e. The normalized spacial score (nSPS) is 12.4. The van der Waals surface area contributed by atoms with Crippen molar-refractivity contribution in [3.05, 3.63) is 169 Å². The van der Waals surface area contributed by atoms with Gasteiger partial charge in [-0.15, -0.1) is 0 Å². The van der Waals surface area contributed by atoms with Crippen molar-refractivity contribution in [3.63, 3.8) is 0 Å². The van der Waals surface area contributed by atoms with E-state index in [-0.39, 0.29) is 0 Å². The third-order valence-electron chi connectivity index (χ3n) is 12.2. The molecule has 0 bridgehead atoms. The summed E-state index contributed by atoms with van der Waals surface area (Å²) in [6, 6.07) is 59.8. The van der Waals surface area contributed by atoms with E-state index < -0.39 is 0 Å². The molecule has 0 spiro atoms. The highest BCUT2D eigenvalue weighted by Gasteiger charge is 2.29. The summed E-state index contributed by atoms with van der Waals surface area (Å²) in [5.41, 5.74) is 18.5. The smallest absolute Gasteiger partial charge is 0.00136 e. The van der Waals surface area contributed by atoms with Gasteiger partial charge in [0.1, 0.15) is 0 Å². The number of benzene rings is 10. The van der Waals surface area contributed by atoms with Crippen LogP contribution in [0.5, 0.6) is 0 Å². The molecule has 0 saturated carbocycles. The molecule has 0 amide bonds. The molecule has 0 aromatic heterocycles. The van der Waals surface area contributed by atoms with Crippen LogP contribution >= 0.6 is 0 Å². The summed E-state index contributed by atoms with van der Waals surface area (Å²) < 4.78 is 0. The van der Waals surface area contributed by atoms with Crippen molar-refractivity contribution in [1.82, 2.24) is 0 Å². The Bertz CT molecular complexity index is 3240. The van der Waals surface area contributed by atoms with Gasteiger partial charge in [-0.2, -0.15) is 0 Å². The van der Waals surface area contributed by atoms with Crippen LogP contribution in [0, 0.1) is 13.8 Å². The van der Waals surface area contributed by atoms with Crippen LogP contribution in [0.1, 0.15) is 11.1 Å². The lowest BCUT2D eigenvalue weighted by atomic mass is 9.83. The van der Waals surface area contributed by atoms with Gasteiger partial charge in [0, 0.05) is 0 Å². The fourth-order valence-corrected chi connectivity index (χ4v) is 9.89. The highest BCUT2D eigenvalue weighted by atomic mass is 14.3. The summed E-state index contributed by atoms with van der Waals surface area (Å²) >= 11 is 0. The standard InChI is InChI=1S/C52H32/c1-29-11-3-5-17-33(29)41-25-42-35(43-26-44-36-19-7-13-31-14-8-20-37(49(31)36)45(44)27-47(41)43)23-24-39-46(42)28-48-38-21-9-15-32-16-10-22-40(50(32)38)52(48)51(39)34-18-6-4-12-30(34)2/h3-28H,1-2H3. The minimum Gasteiger partial charge on any atom is -0.0620 e. The van der Waals surface area contributed by atoms with E-state index in [1.165, 1.54) is 132 Å². The SMILES string of the molecule is Cc1ccccc1-c1cc2c3cc4c(c(-c5ccccc5C)c3ccc2c2cc3c(cc12)-c1cccc2cccc-3c12)-c1cccc2cccc-4c12. The number of fused-ring (bicyclic) bond motifs is 11. The minimum atomic E-state index is 1.29. The van der Waals surface area contributed by atoms with Gasteiger partial charge in [-0.1, -0.05) is 133 Å². The Morgan fingerprint density at radius 3 is 1.35 bits per heavy atom. The molecule has 0 heterocycles. The zero-order chi connectivity index (χ0) is 34.2. The maximum atomic E-state index is 2.51. The summed E-state index contributed by atoms with van der Waals surface area (Å²) in [6.07, 6.45) is 0. The second-order valence-corrected chi connectivity index (χ2v) is 14.8. The van der Waals surface area contributed by atoms with Crippen LogP contribution in [-0.2, 0) is 0 Å². The fraction of sp³-hybridized carbons (Fsp3) is 0.0385. The maximum Gasteiger partial charge on any atom is -0.00136 e. The summed E-state index contributed by atoms with van der Waals surface area (Å²) in [5, 5.41) is 13.2. The second kappa shape index (κ2) is 10.1. The lowest BCUT2D eigenvalue weighted by molar-refractivity contribution is 1.47. The van der Waals surface area contributed by atoms with E-state index in [4.69, 9.17) is 0 Å². The molecular formula is C52H32. The van der Waals surface area contributed by atoms with Crippen LogP contribution < -0.4 is 0 Å². The fourth-order valence-electron chi connectivity index (χ4n) is 9.89. The second-order valence-electron chi connectivity index (χ2n) is 14.8. The van der Waals surface area contributed by atoms with Gasteiger partial charge in [-0.25, -0.2) is 0 Å². The quantitative estimate of drug-likeness (QED) is 0.162. The van der Waals surface area contributed by atoms with Crippen molar-refractivity contribution in [2.75, 3.05) is 0 Å². The molecule has 10 aromatic carbocycles. The van der Waals surface area contributed by atoms with Gasteiger partial charge in [0.15, 0.2) is 0 Å². The van der Waals surface area contributed by atoms with Crippen LogP contribution in [0.2, 0.25) is 0 Å². The molecule has 0 radical (unpaired) electrons. The molecule has 0 nitrogen and oxygen atoms in total. The molecule has 0 aliphatic heterocycles. The molecule has 12 rings (SSSR count). The lowest BCUT2D eigenvalue weighted by Gasteiger charge is -2.20. The first kappa shape index (κ1) is 28.2. The van der Waals surface area contributed by atoms with Crippen molar-refractivity contribution >= 4 is 53.9 Å². The number of hydrogen-bond donors (Lipinski definition) is 0. The Balaban J connectivity index is 1.28. The highest BCUT2D eigenvalue weighted by Crippen LogP contribution is 2.56. The summed E-state index contributed by atoms with van der Waals surface area (Å²) in [4.78, 5) is 0. The van der Waals surface area contributed by atoms with E-state index in [1.807, 2.05) is 0 Å². The van der Waals surface area contributed by atoms with Crippen LogP contribution in [-0.4, -0.2) is 0 Å². The summed E-state index contributed by atoms with van der Waals surface area (Å²) in [7, 11) is 0. The van der Waals surface area contributed by atoms with Crippen LogP contribution in [0.4, 0.5) is 0 Å². The van der Waals surface area contributed by atoms with E-state index in [0.717, 1.165) is 0 Å². The van der Waals surface area contributed by atoms with E-state index in [9.17, 15) is 0 Å². The number of hydrogen-bond acceptors (Lipinski definition) is 0. The van der Waals surface area contributed by atoms with E-state index in [2.05, 4.69) is 172 Å². The van der Waals surface area contributed by atoms with Crippen molar-refractivity contribution in [1.29, 1.82) is 0 Å². The Morgan fingerprint density at radius 1 is 0.250 bits per heavy atom. The van der Waals surface area contributed by atoms with E-state index in [0.29, 0.717) is 0 Å². The third kappa shape index (κ3) is 3.56. The molecule has 240 valence electrons. The third-order valence-corrected chi connectivity index (χ3v) is 12.2. The zero-order valence-electron chi connectivity index (χ0n) is 29.0. The van der Waals surface area contributed by atoms with Crippen LogP contribution in [0.15, 0.2) is 158 Å². The molecule has 10 aromatic rings. The molecule has 0 fully saturated rings. The van der Waals surface area contributed by atoms with E-state index >= 15 is 0 Å². The van der Waals surface area contributed by atoms with Crippen molar-refractivity contribution in [3.8, 4) is 66.8 Å². The first-order valence-corrected chi connectivity index (χ1v) is 18.4. The molecule has 52 heavy (non-hydrogen) atoms. The predicted molar refractivity (Wildman–Crippen MR) is 223 cm³/mol. The predicted octanol–water partition coefficient (Wildman–Crippen LogP) is 14.7. The van der Waals surface area contributed by atoms with Gasteiger partial charge in [0.25, 0.3) is 0 Å². The first-order valence-electron chi connectivity index (χ1n) is 18.4. The van der Waals surface area contributed by atoms with Gasteiger partial charge in [-0.05, 0) is 170 Å². The van der Waals surface area contributed by atoms with Gasteiger partial charge >= 0.3 is 0 Å². The molecule has 0 N–H and O–H groups in total. The molecule has 0 saturated heterocycles. The van der Waals surface area contributed by atoms with Crippen molar-refractivity contribution in [2.24, 2.45) is 0 Å². The number of aryl methyl sites for hydroxylation is 2. The minimum absolute atomic E-state index is 1.29. The van der Waals surface area contributed by atoms with Gasteiger partial charge in [-0.3, -0.25) is 0 Å². The van der Waals surface area contributed by atoms with Gasteiger partial charge < -0.3 is 0 Å². The van der Waals surface area contributed by atoms with Crippen LogP contribution in [0.25, 0.3) is 121 Å². The molecule has 2 aliphatic carbocycles. The molecule has 2 aliphatic rings. The Labute approximate surface area is 302 Å². The van der Waals surface area contributed by atoms with Gasteiger partial charge in [0.05, 0.1) is 0 Å². The maximum absolute atomic E-state index is 2.51. The Hall–Kier alpha value is -6.50. The molecular weight excluding hydrogens is 625 g/mol. The Kier molecular flexibility index (Phi) is 5.46. The highest BCUT2D eigenvalue weighted by molar-refractivity contribution is 6.30. The monoisotopic (exact) mass is 656 g/mol. The van der Waals surface area contributed by atoms with Crippen molar-refractivity contribution < 1.29 is 0 Å². The zero-order valence-corrected chi connectivity index (χ0v) is 29.0. The van der Waals surface area contributed by atoms with Gasteiger partial charge in [0.2, 0.25) is 0 Å². The molecule has 0 heteroatoms. The Morgan fingerprint density at radius 2 is 0.692 bits per heavy atom. The topological polar surface area (TPSA) is 0 Å². The van der Waals surface area contributed by atoms with E-state index in [1.54, 1.807) is 0 Å². The average molecular weight is 657 g/mol. The number of rotatable bonds is 2. The lowest BCUT2D eigenvalue weighted by Crippen LogP contribution is -1.93. The summed E-state index contributed by atoms with van der Waals surface area (Å²) in [6.45, 7) is 4.51. The molecule has 0 atom stereocenters. The van der Waals surface area contributed by atoms with Crippen LogP contribution in [0.3, 0.4) is 0 Å².